The van der Waals surface area contributed by atoms with Crippen molar-refractivity contribution in [2.45, 2.75) is 6.18 Å². The van der Waals surface area contributed by atoms with E-state index in [0.717, 1.165) is 0 Å². The highest BCUT2D eigenvalue weighted by Crippen LogP contribution is 2.26. The van der Waals surface area contributed by atoms with Crippen LogP contribution in [0.4, 0.5) is 30.6 Å². The minimum Gasteiger partial charge on any atom is -0.482 e. The number of ether oxygens (including phenoxy) is 1. The molecule has 3 aromatic rings. The number of nitrogens with one attached hydrogen (secondary N) is 2. The Morgan fingerprint density at radius 3 is 2.66 bits per heavy atom. The highest BCUT2D eigenvalue weighted by Gasteiger charge is 2.29. The van der Waals surface area contributed by atoms with Crippen LogP contribution in [0.2, 0.25) is 5.02 Å². The van der Waals surface area contributed by atoms with Gasteiger partial charge in [0.25, 0.3) is 5.91 Å². The second kappa shape index (κ2) is 8.69. The molecule has 0 spiro atoms. The number of alkyl halides is 3. The molecule has 12 heteroatoms. The maximum Gasteiger partial charge on any atom is 0.422 e. The lowest BCUT2D eigenvalue weighted by molar-refractivity contribution is -0.153. The second-order valence-corrected chi connectivity index (χ2v) is 5.92. The summed E-state index contributed by atoms with van der Waals surface area (Å²) in [6.45, 7) is -1.50. The first kappa shape index (κ1) is 20.3. The molecule has 150 valence electrons. The largest absolute Gasteiger partial charge is 0.482 e. The molecule has 0 unspecified atom stereocenters. The van der Waals surface area contributed by atoms with E-state index in [-0.39, 0.29) is 23.1 Å². The van der Waals surface area contributed by atoms with Gasteiger partial charge in [-0.2, -0.15) is 13.2 Å². The molecule has 3 heterocycles. The predicted octanol–water partition coefficient (Wildman–Crippen LogP) is 3.86. The van der Waals surface area contributed by atoms with Gasteiger partial charge in [-0.1, -0.05) is 11.6 Å². The number of anilines is 3. The third-order valence-corrected chi connectivity index (χ3v) is 3.50. The van der Waals surface area contributed by atoms with Crippen molar-refractivity contribution < 1.29 is 22.7 Å². The molecular weight excluding hydrogens is 413 g/mol. The molecule has 0 saturated heterocycles. The monoisotopic (exact) mass is 424 g/mol. The van der Waals surface area contributed by atoms with Crippen LogP contribution in [0.1, 0.15) is 10.5 Å². The van der Waals surface area contributed by atoms with Crippen molar-refractivity contribution in [3.05, 3.63) is 59.8 Å². The van der Waals surface area contributed by atoms with Crippen molar-refractivity contribution in [2.75, 3.05) is 17.2 Å². The van der Waals surface area contributed by atoms with E-state index in [1.807, 2.05) is 0 Å². The van der Waals surface area contributed by atoms with E-state index in [2.05, 4.69) is 30.6 Å². The van der Waals surface area contributed by atoms with Crippen LogP contribution < -0.4 is 15.4 Å². The molecule has 1 amide bonds. The van der Waals surface area contributed by atoms with Gasteiger partial charge in [0.15, 0.2) is 6.61 Å². The predicted molar refractivity (Wildman–Crippen MR) is 98.3 cm³/mol. The molecule has 0 saturated carbocycles. The van der Waals surface area contributed by atoms with Crippen molar-refractivity contribution in [2.24, 2.45) is 0 Å². The number of carbonyl (C=O) groups excluding carboxylic acids is 1. The van der Waals surface area contributed by atoms with Crippen LogP contribution in [-0.4, -0.2) is 38.6 Å². The zero-order valence-electron chi connectivity index (χ0n) is 14.4. The maximum atomic E-state index is 12.4. The Morgan fingerprint density at radius 2 is 1.93 bits per heavy atom. The van der Waals surface area contributed by atoms with Crippen LogP contribution in [0, 0.1) is 0 Å². The number of rotatable bonds is 6. The molecule has 0 aliphatic heterocycles. The molecule has 0 atom stereocenters. The third-order valence-electron chi connectivity index (χ3n) is 3.28. The normalized spacial score (nSPS) is 11.0. The van der Waals surface area contributed by atoms with E-state index in [9.17, 15) is 18.0 Å². The number of hydrogen-bond acceptors (Lipinski definition) is 7. The Hall–Kier alpha value is -3.47. The molecule has 0 aromatic carbocycles. The van der Waals surface area contributed by atoms with Gasteiger partial charge in [0.05, 0.1) is 11.2 Å². The van der Waals surface area contributed by atoms with E-state index in [1.54, 1.807) is 12.1 Å². The summed E-state index contributed by atoms with van der Waals surface area (Å²) < 4.78 is 41.9. The van der Waals surface area contributed by atoms with Gasteiger partial charge in [0.1, 0.15) is 22.9 Å². The van der Waals surface area contributed by atoms with Gasteiger partial charge in [0.2, 0.25) is 5.95 Å². The first-order valence-electron chi connectivity index (χ1n) is 7.97. The molecule has 0 fully saturated rings. The number of hydrogen-bond donors (Lipinski definition) is 2. The highest BCUT2D eigenvalue weighted by molar-refractivity contribution is 6.30. The van der Waals surface area contributed by atoms with Crippen molar-refractivity contribution in [3.8, 4) is 5.75 Å². The molecule has 0 aliphatic rings. The summed E-state index contributed by atoms with van der Waals surface area (Å²) in [5.74, 6) is -0.373. The molecule has 2 N–H and O–H groups in total. The zero-order chi connectivity index (χ0) is 20.9. The fraction of sp³-hybridized carbons (Fsp3) is 0.118. The summed E-state index contributed by atoms with van der Waals surface area (Å²) in [5.41, 5.74) is -0.0728. The van der Waals surface area contributed by atoms with E-state index in [1.165, 1.54) is 36.9 Å². The van der Waals surface area contributed by atoms with Crippen molar-refractivity contribution >= 4 is 35.0 Å². The number of amides is 1. The van der Waals surface area contributed by atoms with Crippen LogP contribution in [-0.2, 0) is 0 Å². The number of pyridine rings is 2. The quantitative estimate of drug-likeness (QED) is 0.619. The summed E-state index contributed by atoms with van der Waals surface area (Å²) in [7, 11) is 0. The first-order chi connectivity index (χ1) is 13.8. The van der Waals surface area contributed by atoms with Gasteiger partial charge in [-0.25, -0.2) is 15.0 Å². The average Bonchev–Trinajstić information content (AvgIpc) is 2.69. The summed E-state index contributed by atoms with van der Waals surface area (Å²) in [4.78, 5) is 28.3. The number of halogens is 4. The summed E-state index contributed by atoms with van der Waals surface area (Å²) in [6.07, 6.45) is 0.651. The van der Waals surface area contributed by atoms with Gasteiger partial charge in [0, 0.05) is 24.7 Å². The molecule has 8 nitrogen and oxygen atoms in total. The fourth-order valence-electron chi connectivity index (χ4n) is 2.06. The SMILES string of the molecule is O=C(Nc1cnccc1OCC(F)(F)F)c1ccnc(Nc2ccc(Cl)cn2)n1. The molecule has 3 rings (SSSR count). The van der Waals surface area contributed by atoms with Crippen molar-refractivity contribution in [3.63, 3.8) is 0 Å². The van der Waals surface area contributed by atoms with E-state index in [0.29, 0.717) is 10.8 Å². The molecule has 0 aliphatic carbocycles. The third kappa shape index (κ3) is 6.01. The Bertz CT molecular complexity index is 1000. The molecule has 0 bridgehead atoms. The van der Waals surface area contributed by atoms with Gasteiger partial charge in [-0.15, -0.1) is 0 Å². The van der Waals surface area contributed by atoms with E-state index < -0.39 is 18.7 Å². The molecule has 29 heavy (non-hydrogen) atoms. The van der Waals surface area contributed by atoms with Gasteiger partial charge in [-0.3, -0.25) is 9.78 Å². The minimum absolute atomic E-state index is 0.0331. The lowest BCUT2D eigenvalue weighted by atomic mass is 10.3. The standard InChI is InChI=1S/C17H12ClF3N6O2/c18-10-1-2-14(24-7-10)27-16-23-6-3-11(26-16)15(28)25-12-8-22-5-4-13(12)29-9-17(19,20)21/h1-8H,9H2,(H,25,28)(H,23,24,26,27). The van der Waals surface area contributed by atoms with Crippen LogP contribution in [0.3, 0.4) is 0 Å². The Labute approximate surface area is 167 Å². The summed E-state index contributed by atoms with van der Waals surface area (Å²) >= 11 is 5.77. The van der Waals surface area contributed by atoms with Crippen LogP contribution in [0.5, 0.6) is 5.75 Å². The van der Waals surface area contributed by atoms with Gasteiger partial charge >= 0.3 is 6.18 Å². The second-order valence-electron chi connectivity index (χ2n) is 5.48. The number of carbonyl (C=O) groups is 1. The molecule has 0 radical (unpaired) electrons. The smallest absolute Gasteiger partial charge is 0.422 e. The van der Waals surface area contributed by atoms with Crippen molar-refractivity contribution in [1.82, 2.24) is 19.9 Å². The lowest BCUT2D eigenvalue weighted by Crippen LogP contribution is -2.21. The Balaban J connectivity index is 1.72. The van der Waals surface area contributed by atoms with Crippen LogP contribution >= 0.6 is 11.6 Å². The first-order valence-corrected chi connectivity index (χ1v) is 8.34. The Morgan fingerprint density at radius 1 is 1.10 bits per heavy atom. The molecular formula is C17H12ClF3N6O2. The number of nitrogens with zero attached hydrogens (tertiary/aromatic N) is 4. The maximum absolute atomic E-state index is 12.4. The minimum atomic E-state index is -4.52. The molecule has 3 aromatic heterocycles. The topological polar surface area (TPSA) is 102 Å². The van der Waals surface area contributed by atoms with E-state index >= 15 is 0 Å². The summed E-state index contributed by atoms with van der Waals surface area (Å²) in [6, 6.07) is 5.75. The summed E-state index contributed by atoms with van der Waals surface area (Å²) in [5, 5.41) is 5.67. The Kier molecular flexibility index (Phi) is 6.07. The van der Waals surface area contributed by atoms with Gasteiger partial charge in [-0.05, 0) is 18.2 Å². The van der Waals surface area contributed by atoms with Crippen molar-refractivity contribution in [1.29, 1.82) is 0 Å². The van der Waals surface area contributed by atoms with Crippen LogP contribution in [0.15, 0.2) is 49.1 Å². The number of aromatic nitrogens is 4. The van der Waals surface area contributed by atoms with E-state index in [4.69, 9.17) is 16.3 Å². The van der Waals surface area contributed by atoms with Gasteiger partial charge < -0.3 is 15.4 Å². The highest BCUT2D eigenvalue weighted by atomic mass is 35.5. The lowest BCUT2D eigenvalue weighted by Gasteiger charge is -2.13. The fourth-order valence-corrected chi connectivity index (χ4v) is 2.17. The zero-order valence-corrected chi connectivity index (χ0v) is 15.2. The average molecular weight is 425 g/mol. The van der Waals surface area contributed by atoms with Crippen LogP contribution in [0.25, 0.3) is 0 Å².